The zero-order chi connectivity index (χ0) is 9.68. The molecule has 5 nitrogen and oxygen atoms in total. The van der Waals surface area contributed by atoms with Crippen LogP contribution in [0.4, 0.5) is 0 Å². The molecule has 0 aromatic carbocycles. The average molecular weight is 185 g/mol. The smallest absolute Gasteiger partial charge is 0.243 e. The third-order valence-electron chi connectivity index (χ3n) is 1.67. The number of hydrogen-bond acceptors (Lipinski definition) is 5. The van der Waals surface area contributed by atoms with Crippen molar-refractivity contribution in [1.82, 2.24) is 10.1 Å². The van der Waals surface area contributed by atoms with Crippen molar-refractivity contribution < 1.29 is 9.26 Å². The topological polar surface area (TPSA) is 74.2 Å². The van der Waals surface area contributed by atoms with Crippen LogP contribution in [0.1, 0.15) is 37.5 Å². The van der Waals surface area contributed by atoms with Gasteiger partial charge < -0.3 is 15.0 Å². The standard InChI is InChI=1S/C8H15N3O2/c1-3-4-6(9)8-10-7(5-12-2)11-13-8/h6H,3-5,9H2,1-2H3/t6-/m1/s1. The summed E-state index contributed by atoms with van der Waals surface area (Å²) in [4.78, 5) is 4.09. The first kappa shape index (κ1) is 10.1. The summed E-state index contributed by atoms with van der Waals surface area (Å²) in [6.45, 7) is 2.43. The van der Waals surface area contributed by atoms with E-state index in [0.29, 0.717) is 18.3 Å². The Kier molecular flexibility index (Phi) is 3.85. The predicted molar refractivity (Wildman–Crippen MR) is 46.8 cm³/mol. The van der Waals surface area contributed by atoms with Crippen LogP contribution in [0.5, 0.6) is 0 Å². The van der Waals surface area contributed by atoms with Crippen LogP contribution < -0.4 is 5.73 Å². The first-order chi connectivity index (χ1) is 6.27. The maximum atomic E-state index is 5.78. The monoisotopic (exact) mass is 185 g/mol. The molecule has 0 aliphatic heterocycles. The number of nitrogens with zero attached hydrogens (tertiary/aromatic N) is 2. The minimum atomic E-state index is -0.150. The first-order valence-electron chi connectivity index (χ1n) is 4.35. The number of ether oxygens (including phenoxy) is 1. The Balaban J connectivity index is 2.56. The first-order valence-corrected chi connectivity index (χ1v) is 4.35. The number of nitrogens with two attached hydrogens (primary N) is 1. The molecule has 1 atom stereocenters. The second-order valence-corrected chi connectivity index (χ2v) is 2.88. The van der Waals surface area contributed by atoms with Gasteiger partial charge in [0, 0.05) is 7.11 Å². The Hall–Kier alpha value is -0.940. The number of hydrogen-bond donors (Lipinski definition) is 1. The van der Waals surface area contributed by atoms with Crippen LogP contribution in [0.15, 0.2) is 4.52 Å². The summed E-state index contributed by atoms with van der Waals surface area (Å²) in [5.41, 5.74) is 5.78. The summed E-state index contributed by atoms with van der Waals surface area (Å²) in [7, 11) is 1.59. The van der Waals surface area contributed by atoms with Crippen LogP contribution in [-0.4, -0.2) is 17.3 Å². The highest BCUT2D eigenvalue weighted by atomic mass is 16.5. The SMILES string of the molecule is CCC[C@@H](N)c1nc(COC)no1. The van der Waals surface area contributed by atoms with E-state index in [1.165, 1.54) is 0 Å². The van der Waals surface area contributed by atoms with Gasteiger partial charge in [-0.25, -0.2) is 0 Å². The minimum absolute atomic E-state index is 0.150. The summed E-state index contributed by atoms with van der Waals surface area (Å²) >= 11 is 0. The molecule has 2 N–H and O–H groups in total. The molecule has 0 amide bonds. The van der Waals surface area contributed by atoms with Crippen molar-refractivity contribution in [3.05, 3.63) is 11.7 Å². The molecule has 1 rings (SSSR count). The predicted octanol–water partition coefficient (Wildman–Crippen LogP) is 1.02. The fraction of sp³-hybridized carbons (Fsp3) is 0.750. The van der Waals surface area contributed by atoms with E-state index in [9.17, 15) is 0 Å². The number of methoxy groups -OCH3 is 1. The lowest BCUT2D eigenvalue weighted by atomic mass is 10.2. The van der Waals surface area contributed by atoms with E-state index in [2.05, 4.69) is 17.1 Å². The molecule has 0 saturated heterocycles. The van der Waals surface area contributed by atoms with Gasteiger partial charge in [-0.15, -0.1) is 0 Å². The van der Waals surface area contributed by atoms with Gasteiger partial charge in [0.15, 0.2) is 5.82 Å². The van der Waals surface area contributed by atoms with E-state index in [-0.39, 0.29) is 6.04 Å². The Bertz CT molecular complexity index is 249. The third-order valence-corrected chi connectivity index (χ3v) is 1.67. The van der Waals surface area contributed by atoms with Gasteiger partial charge in [-0.2, -0.15) is 4.98 Å². The van der Waals surface area contributed by atoms with E-state index in [0.717, 1.165) is 12.8 Å². The molecule has 1 heterocycles. The lowest BCUT2D eigenvalue weighted by molar-refractivity contribution is 0.174. The Labute approximate surface area is 77.3 Å². The molecule has 0 radical (unpaired) electrons. The van der Waals surface area contributed by atoms with Gasteiger partial charge in [0.05, 0.1) is 6.04 Å². The Morgan fingerprint density at radius 1 is 1.62 bits per heavy atom. The Morgan fingerprint density at radius 2 is 2.38 bits per heavy atom. The van der Waals surface area contributed by atoms with Gasteiger partial charge in [-0.3, -0.25) is 0 Å². The van der Waals surface area contributed by atoms with Crippen LogP contribution in [0.25, 0.3) is 0 Å². The molecular formula is C8H15N3O2. The van der Waals surface area contributed by atoms with Gasteiger partial charge in [0.1, 0.15) is 6.61 Å². The second kappa shape index (κ2) is 4.94. The lowest BCUT2D eigenvalue weighted by Crippen LogP contribution is -2.10. The van der Waals surface area contributed by atoms with E-state index in [4.69, 9.17) is 15.0 Å². The Morgan fingerprint density at radius 3 is 3.00 bits per heavy atom. The fourth-order valence-electron chi connectivity index (χ4n) is 1.04. The summed E-state index contributed by atoms with van der Waals surface area (Å²) in [6.07, 6.45) is 1.86. The van der Waals surface area contributed by atoms with Crippen molar-refractivity contribution in [2.75, 3.05) is 7.11 Å². The average Bonchev–Trinajstić information content (AvgIpc) is 2.54. The number of aromatic nitrogens is 2. The zero-order valence-electron chi connectivity index (χ0n) is 7.99. The molecular weight excluding hydrogens is 170 g/mol. The molecule has 0 saturated carbocycles. The summed E-state index contributed by atoms with van der Waals surface area (Å²) < 4.78 is 9.82. The molecule has 0 unspecified atom stereocenters. The second-order valence-electron chi connectivity index (χ2n) is 2.88. The normalized spacial score (nSPS) is 13.2. The summed E-state index contributed by atoms with van der Waals surface area (Å²) in [5, 5.41) is 3.72. The molecule has 74 valence electrons. The maximum Gasteiger partial charge on any atom is 0.243 e. The van der Waals surface area contributed by atoms with Crippen LogP contribution in [-0.2, 0) is 11.3 Å². The molecule has 0 bridgehead atoms. The van der Waals surface area contributed by atoms with Crippen LogP contribution >= 0.6 is 0 Å². The van der Waals surface area contributed by atoms with Gasteiger partial charge in [0.2, 0.25) is 5.89 Å². The van der Waals surface area contributed by atoms with Crippen molar-refractivity contribution in [2.45, 2.75) is 32.4 Å². The molecule has 1 aromatic heterocycles. The van der Waals surface area contributed by atoms with E-state index >= 15 is 0 Å². The summed E-state index contributed by atoms with van der Waals surface area (Å²) in [5.74, 6) is 1.04. The highest BCUT2D eigenvalue weighted by Crippen LogP contribution is 2.13. The lowest BCUT2D eigenvalue weighted by Gasteiger charge is -2.01. The molecule has 13 heavy (non-hydrogen) atoms. The zero-order valence-corrected chi connectivity index (χ0v) is 7.99. The van der Waals surface area contributed by atoms with Gasteiger partial charge in [0.25, 0.3) is 0 Å². The van der Waals surface area contributed by atoms with Crippen molar-refractivity contribution >= 4 is 0 Å². The van der Waals surface area contributed by atoms with Crippen LogP contribution in [0, 0.1) is 0 Å². The van der Waals surface area contributed by atoms with Crippen molar-refractivity contribution in [3.63, 3.8) is 0 Å². The van der Waals surface area contributed by atoms with Crippen molar-refractivity contribution in [1.29, 1.82) is 0 Å². The van der Waals surface area contributed by atoms with Crippen molar-refractivity contribution in [3.8, 4) is 0 Å². The molecule has 0 aliphatic carbocycles. The quantitative estimate of drug-likeness (QED) is 0.741. The van der Waals surface area contributed by atoms with E-state index < -0.39 is 0 Å². The van der Waals surface area contributed by atoms with Crippen molar-refractivity contribution in [2.24, 2.45) is 5.73 Å². The molecule has 0 fully saturated rings. The van der Waals surface area contributed by atoms with Crippen LogP contribution in [0.3, 0.4) is 0 Å². The number of rotatable bonds is 5. The largest absolute Gasteiger partial charge is 0.377 e. The van der Waals surface area contributed by atoms with Crippen LogP contribution in [0.2, 0.25) is 0 Å². The molecule has 5 heteroatoms. The highest BCUT2D eigenvalue weighted by Gasteiger charge is 2.13. The fourth-order valence-corrected chi connectivity index (χ4v) is 1.04. The van der Waals surface area contributed by atoms with E-state index in [1.54, 1.807) is 7.11 Å². The van der Waals surface area contributed by atoms with Gasteiger partial charge >= 0.3 is 0 Å². The summed E-state index contributed by atoms with van der Waals surface area (Å²) in [6, 6.07) is -0.150. The molecule has 0 spiro atoms. The van der Waals surface area contributed by atoms with E-state index in [1.807, 2.05) is 0 Å². The minimum Gasteiger partial charge on any atom is -0.377 e. The highest BCUT2D eigenvalue weighted by molar-refractivity contribution is 4.90. The molecule has 1 aromatic rings. The maximum absolute atomic E-state index is 5.78. The van der Waals surface area contributed by atoms with Gasteiger partial charge in [-0.1, -0.05) is 18.5 Å². The third kappa shape index (κ3) is 2.78. The van der Waals surface area contributed by atoms with Gasteiger partial charge in [-0.05, 0) is 6.42 Å². The molecule has 0 aliphatic rings.